The minimum atomic E-state index is -4.56. The van der Waals surface area contributed by atoms with Crippen molar-refractivity contribution in [2.75, 3.05) is 6.61 Å². The van der Waals surface area contributed by atoms with Crippen LogP contribution in [-0.2, 0) is 11.8 Å². The Morgan fingerprint density at radius 3 is 2.74 bits per heavy atom. The number of nitrogens with zero attached hydrogens (tertiary/aromatic N) is 3. The topological polar surface area (TPSA) is 83.1 Å². The van der Waals surface area contributed by atoms with Crippen molar-refractivity contribution in [1.82, 2.24) is 14.9 Å². The molecule has 3 atom stereocenters. The molecule has 1 aromatic heterocycles. The van der Waals surface area contributed by atoms with Gasteiger partial charge in [-0.25, -0.2) is 4.98 Å². The number of alkyl halides is 3. The third-order valence-corrected chi connectivity index (χ3v) is 6.23. The Labute approximate surface area is 196 Å². The second-order valence-corrected chi connectivity index (χ2v) is 9.29. The molecular formula is C25H27F3N4O2. The zero-order chi connectivity index (χ0) is 24.7. The first kappa shape index (κ1) is 24.0. The Balaban J connectivity index is 1.58. The molecule has 2 aromatic carbocycles. The molecule has 1 aliphatic rings. The maximum atomic E-state index is 13.9. The van der Waals surface area contributed by atoms with Gasteiger partial charge in [0.2, 0.25) is 0 Å². The van der Waals surface area contributed by atoms with Gasteiger partial charge in [0, 0.05) is 24.2 Å². The highest BCUT2D eigenvalue weighted by Gasteiger charge is 2.39. The third-order valence-electron chi connectivity index (χ3n) is 6.23. The second kappa shape index (κ2) is 8.93. The van der Waals surface area contributed by atoms with E-state index in [4.69, 9.17) is 4.74 Å². The van der Waals surface area contributed by atoms with Crippen LogP contribution in [0.15, 0.2) is 42.7 Å². The van der Waals surface area contributed by atoms with Crippen LogP contribution in [0.4, 0.5) is 13.2 Å². The number of aliphatic hydroxyl groups is 1. The van der Waals surface area contributed by atoms with Gasteiger partial charge in [0.25, 0.3) is 0 Å². The Hall–Kier alpha value is -3.09. The monoisotopic (exact) mass is 472 g/mol. The van der Waals surface area contributed by atoms with Gasteiger partial charge in [0.15, 0.2) is 0 Å². The van der Waals surface area contributed by atoms with Crippen LogP contribution in [-0.4, -0.2) is 33.3 Å². The van der Waals surface area contributed by atoms with Gasteiger partial charge in [-0.3, -0.25) is 0 Å². The molecule has 0 amide bonds. The van der Waals surface area contributed by atoms with Crippen molar-refractivity contribution < 1.29 is 23.0 Å². The highest BCUT2D eigenvalue weighted by Crippen LogP contribution is 2.39. The van der Waals surface area contributed by atoms with Crippen LogP contribution in [0.3, 0.4) is 0 Å². The predicted octanol–water partition coefficient (Wildman–Crippen LogP) is 4.91. The maximum absolute atomic E-state index is 13.9. The molecule has 1 saturated heterocycles. The molecule has 1 aliphatic heterocycles. The molecule has 0 aliphatic carbocycles. The van der Waals surface area contributed by atoms with E-state index in [1.54, 1.807) is 38.1 Å². The van der Waals surface area contributed by atoms with Crippen LogP contribution in [0, 0.1) is 11.3 Å². The fourth-order valence-electron chi connectivity index (χ4n) is 4.77. The van der Waals surface area contributed by atoms with Crippen molar-refractivity contribution in [3.8, 4) is 11.8 Å². The summed E-state index contributed by atoms with van der Waals surface area (Å²) >= 11 is 0. The summed E-state index contributed by atoms with van der Waals surface area (Å²) in [6, 6.07) is 10.9. The van der Waals surface area contributed by atoms with Crippen molar-refractivity contribution >= 4 is 11.0 Å². The number of hydrogen-bond acceptors (Lipinski definition) is 5. The number of benzene rings is 2. The number of rotatable bonds is 5. The van der Waals surface area contributed by atoms with Crippen LogP contribution in [0.25, 0.3) is 11.0 Å². The van der Waals surface area contributed by atoms with E-state index in [1.807, 2.05) is 6.92 Å². The summed E-state index contributed by atoms with van der Waals surface area (Å²) in [7, 11) is 0. The van der Waals surface area contributed by atoms with Gasteiger partial charge in [0.1, 0.15) is 12.4 Å². The Bertz CT molecular complexity index is 1230. The smallest absolute Gasteiger partial charge is 0.418 e. The molecule has 1 fully saturated rings. The Morgan fingerprint density at radius 2 is 2.06 bits per heavy atom. The van der Waals surface area contributed by atoms with Gasteiger partial charge in [0.05, 0.1) is 40.2 Å². The average Bonchev–Trinajstić information content (AvgIpc) is 3.20. The van der Waals surface area contributed by atoms with E-state index in [9.17, 15) is 23.5 Å². The highest BCUT2D eigenvalue weighted by molar-refractivity contribution is 5.81. The fourth-order valence-corrected chi connectivity index (χ4v) is 4.77. The van der Waals surface area contributed by atoms with E-state index in [-0.39, 0.29) is 41.5 Å². The predicted molar refractivity (Wildman–Crippen MR) is 121 cm³/mol. The van der Waals surface area contributed by atoms with Crippen LogP contribution in [0.2, 0.25) is 0 Å². The van der Waals surface area contributed by atoms with Crippen molar-refractivity contribution in [2.45, 2.75) is 63.5 Å². The van der Waals surface area contributed by atoms with Gasteiger partial charge < -0.3 is 19.7 Å². The summed E-state index contributed by atoms with van der Waals surface area (Å²) in [5.74, 6) is 0.0730. The summed E-state index contributed by atoms with van der Waals surface area (Å²) in [5.41, 5.74) is -0.619. The van der Waals surface area contributed by atoms with Crippen molar-refractivity contribution in [3.63, 3.8) is 0 Å². The van der Waals surface area contributed by atoms with Crippen molar-refractivity contribution in [1.29, 1.82) is 5.26 Å². The number of piperidine rings is 1. The molecule has 0 unspecified atom stereocenters. The molecule has 0 saturated carbocycles. The minimum absolute atomic E-state index is 0.0333. The summed E-state index contributed by atoms with van der Waals surface area (Å²) < 4.78 is 48.9. The first-order valence-electron chi connectivity index (χ1n) is 11.2. The first-order valence-corrected chi connectivity index (χ1v) is 11.2. The molecule has 0 radical (unpaired) electrons. The van der Waals surface area contributed by atoms with Crippen LogP contribution < -0.4 is 10.1 Å². The van der Waals surface area contributed by atoms with Gasteiger partial charge in [-0.15, -0.1) is 0 Å². The number of fused-ring (bicyclic) bond motifs is 1. The third kappa shape index (κ3) is 4.74. The zero-order valence-corrected chi connectivity index (χ0v) is 19.2. The van der Waals surface area contributed by atoms with E-state index >= 15 is 0 Å². The van der Waals surface area contributed by atoms with Crippen LogP contribution >= 0.6 is 0 Å². The lowest BCUT2D eigenvalue weighted by atomic mass is 9.79. The first-order chi connectivity index (χ1) is 16.0. The number of imidazole rings is 1. The van der Waals surface area contributed by atoms with Crippen LogP contribution in [0.5, 0.6) is 5.75 Å². The quantitative estimate of drug-likeness (QED) is 0.551. The largest absolute Gasteiger partial charge is 0.492 e. The number of halogens is 3. The Morgan fingerprint density at radius 1 is 1.29 bits per heavy atom. The molecule has 9 heteroatoms. The Kier molecular flexibility index (Phi) is 6.32. The normalized spacial score (nSPS) is 23.3. The summed E-state index contributed by atoms with van der Waals surface area (Å²) in [5, 5.41) is 23.9. The SMILES string of the molecule is CC(C)n1cnc2cc(OC[C@@H]3C[C@](O)(c4cccc(C#N)c4)C[C@H](C)N3)cc(C(F)(F)F)c21. The molecule has 2 heterocycles. The molecular weight excluding hydrogens is 445 g/mol. The average molecular weight is 473 g/mol. The highest BCUT2D eigenvalue weighted by atomic mass is 19.4. The van der Waals surface area contributed by atoms with Gasteiger partial charge >= 0.3 is 6.18 Å². The van der Waals surface area contributed by atoms with Crippen molar-refractivity contribution in [2.24, 2.45) is 0 Å². The van der Waals surface area contributed by atoms with Crippen molar-refractivity contribution in [3.05, 3.63) is 59.4 Å². The van der Waals surface area contributed by atoms with E-state index in [2.05, 4.69) is 16.4 Å². The molecule has 3 aromatic rings. The lowest BCUT2D eigenvalue weighted by Crippen LogP contribution is -2.53. The summed E-state index contributed by atoms with van der Waals surface area (Å²) in [6.07, 6.45) is -2.42. The van der Waals surface area contributed by atoms with Crippen LogP contribution in [0.1, 0.15) is 56.3 Å². The summed E-state index contributed by atoms with van der Waals surface area (Å²) in [4.78, 5) is 4.16. The summed E-state index contributed by atoms with van der Waals surface area (Å²) in [6.45, 7) is 5.60. The maximum Gasteiger partial charge on any atom is 0.418 e. The molecule has 0 bridgehead atoms. The standard InChI is InChI=1S/C25H27F3N4O2/c1-15(2)32-14-30-22-9-20(8-21(23(22)32)25(26,27)28)34-13-19-11-24(33,10-16(3)31-19)18-6-4-5-17(7-18)12-29/h4-9,14-16,19,31,33H,10-11,13H2,1-3H3/t16-,19-,24-/m0/s1. The van der Waals surface area contributed by atoms with E-state index in [0.717, 1.165) is 6.07 Å². The molecule has 2 N–H and O–H groups in total. The van der Waals surface area contributed by atoms with Gasteiger partial charge in [-0.1, -0.05) is 12.1 Å². The number of nitrogens with one attached hydrogen (secondary N) is 1. The lowest BCUT2D eigenvalue weighted by Gasteiger charge is -2.41. The fraction of sp³-hybridized carbons (Fsp3) is 0.440. The molecule has 34 heavy (non-hydrogen) atoms. The van der Waals surface area contributed by atoms with E-state index in [0.29, 0.717) is 24.0 Å². The van der Waals surface area contributed by atoms with Gasteiger partial charge in [-0.05, 0) is 57.4 Å². The minimum Gasteiger partial charge on any atom is -0.492 e. The number of ether oxygens (including phenoxy) is 1. The number of aromatic nitrogens is 2. The molecule has 6 nitrogen and oxygen atoms in total. The zero-order valence-electron chi connectivity index (χ0n) is 19.2. The van der Waals surface area contributed by atoms with E-state index in [1.165, 1.54) is 17.0 Å². The van der Waals surface area contributed by atoms with Gasteiger partial charge in [-0.2, -0.15) is 18.4 Å². The molecule has 4 rings (SSSR count). The number of nitriles is 1. The molecule has 0 spiro atoms. The second-order valence-electron chi connectivity index (χ2n) is 9.29. The number of hydrogen-bond donors (Lipinski definition) is 2. The van der Waals surface area contributed by atoms with E-state index < -0.39 is 17.3 Å². The lowest BCUT2D eigenvalue weighted by molar-refractivity contribution is -0.136. The molecule has 180 valence electrons.